The fourth-order valence-electron chi connectivity index (χ4n) is 2.07. The largest absolute Gasteiger partial charge is 0.397 e. The summed E-state index contributed by atoms with van der Waals surface area (Å²) in [7, 11) is 0. The van der Waals surface area contributed by atoms with Crippen molar-refractivity contribution in [1.82, 2.24) is 4.98 Å². The molecule has 0 unspecified atom stereocenters. The maximum atomic E-state index is 9.34. The van der Waals surface area contributed by atoms with Crippen molar-refractivity contribution in [2.75, 3.05) is 17.7 Å². The van der Waals surface area contributed by atoms with Gasteiger partial charge in [-0.3, -0.25) is 4.98 Å². The average molecular weight is 229 g/mol. The highest BCUT2D eigenvalue weighted by molar-refractivity contribution is 5.97. The third-order valence-corrected chi connectivity index (χ3v) is 3.36. The molecule has 4 heteroatoms. The number of hydrogen-bond donors (Lipinski definition) is 3. The molecule has 1 aromatic heterocycles. The number of aliphatic hydroxyl groups is 1. The molecule has 4 nitrogen and oxygen atoms in total. The van der Waals surface area contributed by atoms with Gasteiger partial charge >= 0.3 is 0 Å². The van der Waals surface area contributed by atoms with E-state index in [1.165, 1.54) is 0 Å². The number of nitrogen functional groups attached to an aromatic ring is 1. The minimum Gasteiger partial charge on any atom is -0.397 e. The molecule has 1 fully saturated rings. The van der Waals surface area contributed by atoms with Gasteiger partial charge in [0.2, 0.25) is 0 Å². The first-order valence-electron chi connectivity index (χ1n) is 5.76. The number of nitrogens with two attached hydrogens (primary N) is 1. The van der Waals surface area contributed by atoms with Crippen molar-refractivity contribution in [2.24, 2.45) is 0 Å². The lowest BCUT2D eigenvalue weighted by Gasteiger charge is -2.17. The zero-order chi connectivity index (χ0) is 11.9. The molecule has 2 aromatic rings. The number of pyridine rings is 1. The monoisotopic (exact) mass is 229 g/mol. The van der Waals surface area contributed by atoms with Gasteiger partial charge in [-0.05, 0) is 25.0 Å². The first-order valence-corrected chi connectivity index (χ1v) is 5.76. The molecular weight excluding hydrogens is 214 g/mol. The highest BCUT2D eigenvalue weighted by Gasteiger charge is 2.42. The highest BCUT2D eigenvalue weighted by Crippen LogP contribution is 2.40. The molecule has 1 saturated carbocycles. The smallest absolute Gasteiger partial charge is 0.0951 e. The van der Waals surface area contributed by atoms with Gasteiger partial charge < -0.3 is 16.2 Å². The van der Waals surface area contributed by atoms with E-state index in [-0.39, 0.29) is 12.1 Å². The van der Waals surface area contributed by atoms with E-state index >= 15 is 0 Å². The molecule has 17 heavy (non-hydrogen) atoms. The lowest BCUT2D eigenvalue weighted by atomic mass is 10.1. The molecule has 88 valence electrons. The summed E-state index contributed by atoms with van der Waals surface area (Å²) in [5.41, 5.74) is 8.26. The van der Waals surface area contributed by atoms with Crippen LogP contribution in [-0.2, 0) is 0 Å². The van der Waals surface area contributed by atoms with Crippen molar-refractivity contribution in [1.29, 1.82) is 0 Å². The minimum atomic E-state index is -0.126. The number of fused-ring (bicyclic) bond motifs is 1. The number of aromatic nitrogens is 1. The van der Waals surface area contributed by atoms with Gasteiger partial charge in [-0.2, -0.15) is 0 Å². The lowest BCUT2D eigenvalue weighted by molar-refractivity contribution is 0.266. The van der Waals surface area contributed by atoms with Crippen molar-refractivity contribution < 1.29 is 5.11 Å². The van der Waals surface area contributed by atoms with E-state index in [2.05, 4.69) is 10.3 Å². The summed E-state index contributed by atoms with van der Waals surface area (Å²) in [5, 5.41) is 13.8. The number of para-hydroxylation sites is 1. The summed E-state index contributed by atoms with van der Waals surface area (Å²) in [6.45, 7) is 0.166. The Morgan fingerprint density at radius 3 is 2.88 bits per heavy atom. The summed E-state index contributed by atoms with van der Waals surface area (Å²) in [6.07, 6.45) is 3.76. The predicted octanol–water partition coefficient (Wildman–Crippen LogP) is 1.75. The van der Waals surface area contributed by atoms with E-state index in [1.54, 1.807) is 6.20 Å². The molecule has 1 aliphatic carbocycles. The molecule has 0 amide bonds. The Hall–Kier alpha value is -1.81. The van der Waals surface area contributed by atoms with E-state index in [4.69, 9.17) is 5.73 Å². The van der Waals surface area contributed by atoms with Crippen molar-refractivity contribution in [3.05, 3.63) is 30.5 Å². The molecule has 0 atom stereocenters. The molecule has 1 aliphatic rings. The second-order valence-electron chi connectivity index (χ2n) is 4.67. The zero-order valence-corrected chi connectivity index (χ0v) is 9.48. The molecule has 1 heterocycles. The Kier molecular flexibility index (Phi) is 2.19. The van der Waals surface area contributed by atoms with Gasteiger partial charge in [0.1, 0.15) is 0 Å². The van der Waals surface area contributed by atoms with E-state index in [0.29, 0.717) is 5.69 Å². The number of rotatable bonds is 3. The van der Waals surface area contributed by atoms with E-state index in [1.807, 2.05) is 24.3 Å². The summed E-state index contributed by atoms with van der Waals surface area (Å²) >= 11 is 0. The van der Waals surface area contributed by atoms with Crippen molar-refractivity contribution in [2.45, 2.75) is 18.4 Å². The lowest BCUT2D eigenvalue weighted by Crippen LogP contribution is -2.25. The van der Waals surface area contributed by atoms with Gasteiger partial charge in [0.05, 0.1) is 23.3 Å². The summed E-state index contributed by atoms with van der Waals surface area (Å²) in [4.78, 5) is 4.29. The van der Waals surface area contributed by atoms with Crippen LogP contribution in [0.4, 0.5) is 11.4 Å². The number of anilines is 2. The SMILES string of the molecule is Nc1cccc2c(NC3(CO)CC3)ccnc12. The first-order chi connectivity index (χ1) is 8.24. The minimum absolute atomic E-state index is 0.126. The first kappa shape index (κ1) is 10.4. The molecule has 0 aliphatic heterocycles. The summed E-state index contributed by atoms with van der Waals surface area (Å²) in [5.74, 6) is 0. The standard InChI is InChI=1S/C13H15N3O/c14-10-3-1-2-9-11(4-7-15-12(9)10)16-13(8-17)5-6-13/h1-4,7,17H,5-6,8,14H2,(H,15,16). The van der Waals surface area contributed by atoms with Crippen LogP contribution in [0.1, 0.15) is 12.8 Å². The normalized spacial score (nSPS) is 17.0. The second kappa shape index (κ2) is 3.60. The zero-order valence-electron chi connectivity index (χ0n) is 9.48. The van der Waals surface area contributed by atoms with Crippen LogP contribution in [-0.4, -0.2) is 22.2 Å². The van der Waals surface area contributed by atoms with Crippen LogP contribution in [0.5, 0.6) is 0 Å². The van der Waals surface area contributed by atoms with E-state index < -0.39 is 0 Å². The maximum Gasteiger partial charge on any atom is 0.0951 e. The molecule has 4 N–H and O–H groups in total. The molecular formula is C13H15N3O. The maximum absolute atomic E-state index is 9.34. The van der Waals surface area contributed by atoms with Gasteiger partial charge in [-0.1, -0.05) is 12.1 Å². The molecule has 0 bridgehead atoms. The fraction of sp³-hybridized carbons (Fsp3) is 0.308. The highest BCUT2D eigenvalue weighted by atomic mass is 16.3. The van der Waals surface area contributed by atoms with Gasteiger partial charge in [0.15, 0.2) is 0 Å². The van der Waals surface area contributed by atoms with E-state index in [9.17, 15) is 5.11 Å². The Bertz CT molecular complexity index is 564. The van der Waals surface area contributed by atoms with Crippen molar-refractivity contribution in [3.63, 3.8) is 0 Å². The van der Waals surface area contributed by atoms with Crippen LogP contribution in [0.2, 0.25) is 0 Å². The average Bonchev–Trinajstić information content (AvgIpc) is 3.11. The Morgan fingerprint density at radius 1 is 1.35 bits per heavy atom. The molecule has 1 aromatic carbocycles. The fourth-order valence-corrected chi connectivity index (χ4v) is 2.07. The van der Waals surface area contributed by atoms with Gasteiger partial charge in [-0.25, -0.2) is 0 Å². The van der Waals surface area contributed by atoms with Crippen LogP contribution >= 0.6 is 0 Å². The predicted molar refractivity (Wildman–Crippen MR) is 68.8 cm³/mol. The van der Waals surface area contributed by atoms with Crippen LogP contribution in [0.15, 0.2) is 30.5 Å². The number of benzene rings is 1. The van der Waals surface area contributed by atoms with Crippen LogP contribution in [0.25, 0.3) is 10.9 Å². The molecule has 3 rings (SSSR count). The molecule has 0 spiro atoms. The third kappa shape index (κ3) is 1.70. The Morgan fingerprint density at radius 2 is 2.18 bits per heavy atom. The topological polar surface area (TPSA) is 71.2 Å². The summed E-state index contributed by atoms with van der Waals surface area (Å²) in [6, 6.07) is 7.69. The number of aliphatic hydroxyl groups excluding tert-OH is 1. The van der Waals surface area contributed by atoms with Crippen LogP contribution < -0.4 is 11.1 Å². The number of hydrogen-bond acceptors (Lipinski definition) is 4. The van der Waals surface area contributed by atoms with Crippen molar-refractivity contribution in [3.8, 4) is 0 Å². The van der Waals surface area contributed by atoms with Gasteiger partial charge in [0.25, 0.3) is 0 Å². The van der Waals surface area contributed by atoms with E-state index in [0.717, 1.165) is 29.4 Å². The number of nitrogens with zero attached hydrogens (tertiary/aromatic N) is 1. The second-order valence-corrected chi connectivity index (χ2v) is 4.67. The molecule has 0 radical (unpaired) electrons. The quantitative estimate of drug-likeness (QED) is 0.701. The Labute approximate surface area is 99.5 Å². The number of nitrogens with one attached hydrogen (secondary N) is 1. The van der Waals surface area contributed by atoms with Gasteiger partial charge in [-0.15, -0.1) is 0 Å². The van der Waals surface area contributed by atoms with Crippen molar-refractivity contribution >= 4 is 22.3 Å². The van der Waals surface area contributed by atoms with Crippen LogP contribution in [0, 0.1) is 0 Å². The van der Waals surface area contributed by atoms with Crippen LogP contribution in [0.3, 0.4) is 0 Å². The third-order valence-electron chi connectivity index (χ3n) is 3.36. The summed E-state index contributed by atoms with van der Waals surface area (Å²) < 4.78 is 0. The molecule has 0 saturated heterocycles. The Balaban J connectivity index is 2.08. The van der Waals surface area contributed by atoms with Gasteiger partial charge in [0, 0.05) is 17.3 Å².